The van der Waals surface area contributed by atoms with Crippen molar-refractivity contribution in [1.82, 2.24) is 9.88 Å². The molecule has 0 aromatic carbocycles. The average molecular weight is 251 g/mol. The van der Waals surface area contributed by atoms with E-state index in [9.17, 15) is 4.79 Å². The van der Waals surface area contributed by atoms with Crippen molar-refractivity contribution in [3.63, 3.8) is 0 Å². The number of piperidine rings is 1. The summed E-state index contributed by atoms with van der Waals surface area (Å²) in [6, 6.07) is 0.995. The lowest BCUT2D eigenvalue weighted by atomic mass is 9.98. The van der Waals surface area contributed by atoms with Crippen LogP contribution in [0, 0.1) is 6.92 Å². The molecule has 17 heavy (non-hydrogen) atoms. The van der Waals surface area contributed by atoms with Gasteiger partial charge in [-0.2, -0.15) is 0 Å². The molecule has 0 saturated carbocycles. The fourth-order valence-corrected chi connectivity index (χ4v) is 3.92. The number of amides is 1. The number of aromatic nitrogens is 1. The summed E-state index contributed by atoms with van der Waals surface area (Å²) in [7, 11) is 0. The molecule has 4 nitrogen and oxygen atoms in total. The molecule has 3 rings (SSSR count). The van der Waals surface area contributed by atoms with Gasteiger partial charge in [-0.05, 0) is 32.6 Å². The second kappa shape index (κ2) is 4.07. The Morgan fingerprint density at radius 2 is 2.12 bits per heavy atom. The summed E-state index contributed by atoms with van der Waals surface area (Å²) in [6.07, 6.45) is 4.14. The van der Waals surface area contributed by atoms with Crippen LogP contribution in [0.2, 0.25) is 0 Å². The number of rotatable bonds is 1. The monoisotopic (exact) mass is 251 g/mol. The molecule has 1 amide bonds. The molecule has 0 spiro atoms. The maximum atomic E-state index is 12.5. The minimum absolute atomic E-state index is 0.171. The van der Waals surface area contributed by atoms with E-state index in [1.54, 1.807) is 5.51 Å². The van der Waals surface area contributed by atoms with Crippen LogP contribution >= 0.6 is 11.3 Å². The summed E-state index contributed by atoms with van der Waals surface area (Å²) in [5.74, 6) is 0.171. The first-order valence-corrected chi connectivity index (χ1v) is 7.03. The van der Waals surface area contributed by atoms with Crippen molar-refractivity contribution < 1.29 is 4.79 Å². The van der Waals surface area contributed by atoms with Gasteiger partial charge in [0.15, 0.2) is 0 Å². The van der Waals surface area contributed by atoms with Gasteiger partial charge in [-0.1, -0.05) is 0 Å². The van der Waals surface area contributed by atoms with E-state index in [0.717, 1.165) is 36.3 Å². The molecule has 1 aromatic heterocycles. The number of carbonyl (C=O) groups is 1. The Bertz CT molecular complexity index is 431. The number of fused-ring (bicyclic) bond motifs is 2. The van der Waals surface area contributed by atoms with E-state index < -0.39 is 0 Å². The molecule has 2 N–H and O–H groups in total. The van der Waals surface area contributed by atoms with E-state index in [0.29, 0.717) is 12.1 Å². The largest absolute Gasteiger partial charge is 0.332 e. The van der Waals surface area contributed by atoms with Gasteiger partial charge in [0.1, 0.15) is 4.88 Å². The standard InChI is InChI=1S/C12H17N3OS/c1-7-11(17-6-14-7)12(16)15-9-2-3-10(15)5-8(13)4-9/h6,8-10H,2-5,13H2,1H3. The SMILES string of the molecule is Cc1ncsc1C(=O)N1C2CCC1CC(N)C2. The molecule has 2 bridgehead atoms. The Kier molecular flexibility index (Phi) is 2.67. The fourth-order valence-electron chi connectivity index (χ4n) is 3.18. The third-order valence-corrected chi connectivity index (χ3v) is 4.86. The van der Waals surface area contributed by atoms with Gasteiger partial charge in [0.2, 0.25) is 0 Å². The summed E-state index contributed by atoms with van der Waals surface area (Å²) in [5.41, 5.74) is 8.62. The molecule has 1 aromatic rings. The van der Waals surface area contributed by atoms with Crippen molar-refractivity contribution >= 4 is 17.2 Å². The quantitative estimate of drug-likeness (QED) is 0.823. The van der Waals surface area contributed by atoms with Crippen LogP contribution in [0.1, 0.15) is 41.0 Å². The maximum absolute atomic E-state index is 12.5. The lowest BCUT2D eigenvalue weighted by Gasteiger charge is -2.37. The zero-order chi connectivity index (χ0) is 12.0. The van der Waals surface area contributed by atoms with E-state index in [1.165, 1.54) is 11.3 Å². The normalized spacial score (nSPS) is 31.9. The van der Waals surface area contributed by atoms with Crippen LogP contribution in [0.5, 0.6) is 0 Å². The molecule has 5 heteroatoms. The average Bonchev–Trinajstić information content (AvgIpc) is 2.81. The zero-order valence-corrected chi connectivity index (χ0v) is 10.7. The Balaban J connectivity index is 1.86. The highest BCUT2D eigenvalue weighted by molar-refractivity contribution is 7.11. The van der Waals surface area contributed by atoms with Crippen LogP contribution in [-0.2, 0) is 0 Å². The highest BCUT2D eigenvalue weighted by Gasteiger charge is 2.43. The van der Waals surface area contributed by atoms with Crippen molar-refractivity contribution in [2.45, 2.75) is 50.7 Å². The van der Waals surface area contributed by atoms with Crippen molar-refractivity contribution in [1.29, 1.82) is 0 Å². The number of hydrogen-bond acceptors (Lipinski definition) is 4. The van der Waals surface area contributed by atoms with E-state index >= 15 is 0 Å². The van der Waals surface area contributed by atoms with E-state index in [-0.39, 0.29) is 11.9 Å². The Labute approximate surface area is 105 Å². The second-order valence-corrected chi connectivity index (χ2v) is 5.95. The molecule has 2 atom stereocenters. The van der Waals surface area contributed by atoms with Gasteiger partial charge in [0, 0.05) is 18.1 Å². The molecule has 2 aliphatic heterocycles. The molecular formula is C12H17N3OS. The van der Waals surface area contributed by atoms with E-state index in [1.807, 2.05) is 6.92 Å². The lowest BCUT2D eigenvalue weighted by molar-refractivity contribution is 0.0579. The molecule has 3 heterocycles. The van der Waals surface area contributed by atoms with Gasteiger partial charge in [-0.3, -0.25) is 4.79 Å². The molecule has 2 saturated heterocycles. The molecule has 2 aliphatic rings. The van der Waals surface area contributed by atoms with Crippen LogP contribution in [0.3, 0.4) is 0 Å². The fraction of sp³-hybridized carbons (Fsp3) is 0.667. The molecule has 2 fully saturated rings. The summed E-state index contributed by atoms with van der Waals surface area (Å²) in [6.45, 7) is 1.90. The van der Waals surface area contributed by atoms with E-state index in [2.05, 4.69) is 9.88 Å². The Hall–Kier alpha value is -0.940. The molecular weight excluding hydrogens is 234 g/mol. The predicted octanol–water partition coefficient (Wildman–Crippen LogP) is 1.55. The zero-order valence-electron chi connectivity index (χ0n) is 9.93. The maximum Gasteiger partial charge on any atom is 0.266 e. The first kappa shape index (κ1) is 11.2. The van der Waals surface area contributed by atoms with Gasteiger partial charge >= 0.3 is 0 Å². The van der Waals surface area contributed by atoms with Crippen molar-refractivity contribution in [3.8, 4) is 0 Å². The summed E-state index contributed by atoms with van der Waals surface area (Å²) in [4.78, 5) is 19.5. The topological polar surface area (TPSA) is 59.2 Å². The number of hydrogen-bond donors (Lipinski definition) is 1. The van der Waals surface area contributed by atoms with Crippen LogP contribution < -0.4 is 5.73 Å². The summed E-state index contributed by atoms with van der Waals surface area (Å²) in [5, 5.41) is 0. The van der Waals surface area contributed by atoms with Crippen molar-refractivity contribution in [3.05, 3.63) is 16.1 Å². The number of aryl methyl sites for hydroxylation is 1. The number of thiazole rings is 1. The molecule has 2 unspecified atom stereocenters. The third kappa shape index (κ3) is 1.77. The molecule has 0 radical (unpaired) electrons. The van der Waals surface area contributed by atoms with E-state index in [4.69, 9.17) is 5.73 Å². The minimum Gasteiger partial charge on any atom is -0.332 e. The summed E-state index contributed by atoms with van der Waals surface area (Å²) >= 11 is 1.45. The molecule has 0 aliphatic carbocycles. The molecule has 92 valence electrons. The number of nitrogens with zero attached hydrogens (tertiary/aromatic N) is 2. The van der Waals surface area contributed by atoms with Gasteiger partial charge in [0.05, 0.1) is 11.2 Å². The van der Waals surface area contributed by atoms with Crippen molar-refractivity contribution in [2.24, 2.45) is 5.73 Å². The van der Waals surface area contributed by atoms with Crippen LogP contribution in [0.25, 0.3) is 0 Å². The van der Waals surface area contributed by atoms with Gasteiger partial charge in [0.25, 0.3) is 5.91 Å². The lowest BCUT2D eigenvalue weighted by Crippen LogP contribution is -2.50. The smallest absolute Gasteiger partial charge is 0.266 e. The van der Waals surface area contributed by atoms with Crippen LogP contribution in [0.4, 0.5) is 0 Å². The van der Waals surface area contributed by atoms with Gasteiger partial charge < -0.3 is 10.6 Å². The van der Waals surface area contributed by atoms with Crippen LogP contribution in [-0.4, -0.2) is 33.9 Å². The highest BCUT2D eigenvalue weighted by atomic mass is 32.1. The Morgan fingerprint density at radius 1 is 1.47 bits per heavy atom. The predicted molar refractivity (Wildman–Crippen MR) is 67.0 cm³/mol. The van der Waals surface area contributed by atoms with Crippen LogP contribution in [0.15, 0.2) is 5.51 Å². The van der Waals surface area contributed by atoms with Gasteiger partial charge in [-0.15, -0.1) is 11.3 Å². The first-order valence-electron chi connectivity index (χ1n) is 6.15. The van der Waals surface area contributed by atoms with Gasteiger partial charge in [-0.25, -0.2) is 4.98 Å². The minimum atomic E-state index is 0.171. The number of nitrogens with two attached hydrogens (primary N) is 1. The van der Waals surface area contributed by atoms with Crippen molar-refractivity contribution in [2.75, 3.05) is 0 Å². The third-order valence-electron chi connectivity index (χ3n) is 3.94. The summed E-state index contributed by atoms with van der Waals surface area (Å²) < 4.78 is 0. The Morgan fingerprint density at radius 3 is 2.65 bits per heavy atom. The first-order chi connectivity index (χ1) is 8.16. The number of carbonyl (C=O) groups excluding carboxylic acids is 1. The second-order valence-electron chi connectivity index (χ2n) is 5.10. The highest BCUT2D eigenvalue weighted by Crippen LogP contribution is 2.36.